The van der Waals surface area contributed by atoms with Gasteiger partial charge in [0.15, 0.2) is 0 Å². The van der Waals surface area contributed by atoms with E-state index in [0.717, 1.165) is 24.3 Å². The van der Waals surface area contributed by atoms with E-state index in [1.54, 1.807) is 0 Å². The fourth-order valence-electron chi connectivity index (χ4n) is 10.9. The zero-order valence-corrected chi connectivity index (χ0v) is 34.8. The van der Waals surface area contributed by atoms with Crippen LogP contribution in [-0.2, 0) is 5.41 Å². The van der Waals surface area contributed by atoms with E-state index in [1.807, 2.05) is 0 Å². The maximum atomic E-state index is 2.55. The van der Waals surface area contributed by atoms with E-state index in [1.165, 1.54) is 105 Å². The molecule has 294 valence electrons. The Hall–Kier alpha value is -7.62. The molecule has 13 rings (SSSR count). The molecule has 0 unspecified atom stereocenters. The van der Waals surface area contributed by atoms with Gasteiger partial charge >= 0.3 is 0 Å². The van der Waals surface area contributed by atoms with Crippen LogP contribution in [-0.4, -0.2) is 15.7 Å². The monoisotopic (exact) mass is 793 g/mol. The zero-order chi connectivity index (χ0) is 41.1. The highest BCUT2D eigenvalue weighted by atomic mass is 15.1. The van der Waals surface area contributed by atoms with Crippen LogP contribution in [0.3, 0.4) is 0 Å². The second-order valence-electron chi connectivity index (χ2n) is 17.8. The standard InChI is InChI=1S/C59H43N3/c1-59(2)32-33-60(38-16-4-3-5-17-38)58-37-52-50-35-40(62-56-26-14-10-22-47(56)48-23-11-15-27-57(48)62)29-31-44(50)43-30-28-39(34-49(43)41-18-6-7-19-42(41)51(52)36-53(58)59)61-54-24-12-8-20-45(54)46-21-9-13-25-55(46)61/h3-31,34-37H,32-33H2,1-2H3. The summed E-state index contributed by atoms with van der Waals surface area (Å²) in [7, 11) is 0. The fourth-order valence-corrected chi connectivity index (χ4v) is 10.9. The predicted molar refractivity (Wildman–Crippen MR) is 262 cm³/mol. The minimum atomic E-state index is -0.0117. The molecule has 1 aliphatic carbocycles. The van der Waals surface area contributed by atoms with Crippen LogP contribution in [0.15, 0.2) is 200 Å². The number of nitrogens with zero attached hydrogens (tertiary/aromatic N) is 3. The van der Waals surface area contributed by atoms with Gasteiger partial charge in [-0.1, -0.05) is 141 Å². The van der Waals surface area contributed by atoms with E-state index < -0.39 is 0 Å². The van der Waals surface area contributed by atoms with Crippen LogP contribution in [0, 0.1) is 0 Å². The van der Waals surface area contributed by atoms with E-state index in [-0.39, 0.29) is 5.41 Å². The largest absolute Gasteiger partial charge is 0.341 e. The van der Waals surface area contributed by atoms with Gasteiger partial charge in [-0.2, -0.15) is 0 Å². The molecule has 2 aromatic heterocycles. The number of aromatic nitrogens is 2. The Labute approximate surface area is 361 Å². The maximum Gasteiger partial charge on any atom is 0.0541 e. The van der Waals surface area contributed by atoms with Crippen LogP contribution in [0.5, 0.6) is 0 Å². The molecule has 3 nitrogen and oxygen atoms in total. The van der Waals surface area contributed by atoms with E-state index in [4.69, 9.17) is 0 Å². The Morgan fingerprint density at radius 3 is 1.23 bits per heavy atom. The summed E-state index contributed by atoms with van der Waals surface area (Å²) in [6, 6.07) is 74.8. The molecule has 0 radical (unpaired) electrons. The summed E-state index contributed by atoms with van der Waals surface area (Å²) in [6.45, 7) is 5.82. The third kappa shape index (κ3) is 5.06. The van der Waals surface area contributed by atoms with Crippen LogP contribution in [0.1, 0.15) is 25.8 Å². The van der Waals surface area contributed by atoms with Crippen molar-refractivity contribution in [1.82, 2.24) is 9.13 Å². The number of fused-ring (bicyclic) bond motifs is 15. The van der Waals surface area contributed by atoms with E-state index >= 15 is 0 Å². The van der Waals surface area contributed by atoms with Crippen molar-refractivity contribution in [2.75, 3.05) is 11.4 Å². The van der Waals surface area contributed by atoms with Gasteiger partial charge < -0.3 is 14.0 Å². The molecule has 0 saturated heterocycles. The van der Waals surface area contributed by atoms with Gasteiger partial charge in [-0.05, 0) is 135 Å². The lowest BCUT2D eigenvalue weighted by molar-refractivity contribution is 0.467. The van der Waals surface area contributed by atoms with Gasteiger partial charge in [0.05, 0.1) is 22.1 Å². The minimum Gasteiger partial charge on any atom is -0.341 e. The molecule has 11 aromatic rings. The van der Waals surface area contributed by atoms with Crippen molar-refractivity contribution in [3.8, 4) is 55.9 Å². The quantitative estimate of drug-likeness (QED) is 0.174. The molecule has 0 amide bonds. The van der Waals surface area contributed by atoms with E-state index in [0.29, 0.717) is 0 Å². The Morgan fingerprint density at radius 2 is 0.726 bits per heavy atom. The molecule has 2 aliphatic rings. The zero-order valence-electron chi connectivity index (χ0n) is 34.8. The third-order valence-electron chi connectivity index (χ3n) is 14.0. The topological polar surface area (TPSA) is 13.1 Å². The van der Waals surface area contributed by atoms with E-state index in [2.05, 4.69) is 228 Å². The van der Waals surface area contributed by atoms with Crippen LogP contribution in [0.25, 0.3) is 99.5 Å². The summed E-state index contributed by atoms with van der Waals surface area (Å²) in [5.41, 5.74) is 21.0. The number of para-hydroxylation sites is 5. The molecule has 9 aromatic carbocycles. The summed E-state index contributed by atoms with van der Waals surface area (Å²) < 4.78 is 4.91. The Bertz CT molecular complexity index is 3510. The highest BCUT2D eigenvalue weighted by molar-refractivity contribution is 6.11. The average Bonchev–Trinajstić information content (AvgIpc) is 3.84. The number of benzene rings is 9. The molecule has 3 heterocycles. The van der Waals surface area contributed by atoms with Gasteiger partial charge in [-0.15, -0.1) is 0 Å². The summed E-state index contributed by atoms with van der Waals surface area (Å²) in [4.78, 5) is 2.55. The summed E-state index contributed by atoms with van der Waals surface area (Å²) in [6.07, 6.45) is 1.06. The normalized spacial score (nSPS) is 13.9. The van der Waals surface area contributed by atoms with Gasteiger partial charge in [0.25, 0.3) is 0 Å². The Balaban J connectivity index is 1.14. The molecular weight excluding hydrogens is 751 g/mol. The summed E-state index contributed by atoms with van der Waals surface area (Å²) in [5.74, 6) is 0. The van der Waals surface area contributed by atoms with Gasteiger partial charge in [-0.25, -0.2) is 0 Å². The second-order valence-corrected chi connectivity index (χ2v) is 17.8. The molecule has 62 heavy (non-hydrogen) atoms. The predicted octanol–water partition coefficient (Wildman–Crippen LogP) is 15.7. The SMILES string of the molecule is CC1(C)CCN(c2ccccc2)c2cc3c(cc21)-c1ccccc1-c1cc(-n2c4ccccc4c4ccccc42)ccc1-c1ccc(-n2c4ccccc4c4ccccc42)cc1-3. The highest BCUT2D eigenvalue weighted by Gasteiger charge is 2.35. The van der Waals surface area contributed by atoms with Gasteiger partial charge in [0, 0.05) is 50.8 Å². The first-order valence-electron chi connectivity index (χ1n) is 21.9. The van der Waals surface area contributed by atoms with Crippen LogP contribution in [0.4, 0.5) is 11.4 Å². The maximum absolute atomic E-state index is 2.55. The molecule has 3 heteroatoms. The van der Waals surface area contributed by atoms with Crippen molar-refractivity contribution >= 4 is 55.0 Å². The molecular formula is C59H43N3. The van der Waals surface area contributed by atoms with Crippen molar-refractivity contribution < 1.29 is 0 Å². The number of anilines is 2. The molecule has 0 saturated carbocycles. The number of rotatable bonds is 3. The first-order valence-corrected chi connectivity index (χ1v) is 21.9. The smallest absolute Gasteiger partial charge is 0.0541 e. The van der Waals surface area contributed by atoms with Gasteiger partial charge in [0.2, 0.25) is 0 Å². The van der Waals surface area contributed by atoms with Gasteiger partial charge in [-0.3, -0.25) is 0 Å². The van der Waals surface area contributed by atoms with Crippen molar-refractivity contribution in [2.45, 2.75) is 25.7 Å². The second kappa shape index (κ2) is 13.2. The molecule has 0 bridgehead atoms. The van der Waals surface area contributed by atoms with E-state index in [9.17, 15) is 0 Å². The molecule has 0 N–H and O–H groups in total. The van der Waals surface area contributed by atoms with Crippen molar-refractivity contribution in [3.63, 3.8) is 0 Å². The van der Waals surface area contributed by atoms with Gasteiger partial charge in [0.1, 0.15) is 0 Å². The molecule has 1 aliphatic heterocycles. The number of hydrogen-bond acceptors (Lipinski definition) is 1. The minimum absolute atomic E-state index is 0.0117. The fraction of sp³-hybridized carbons (Fsp3) is 0.0847. The lowest BCUT2D eigenvalue weighted by atomic mass is 9.73. The van der Waals surface area contributed by atoms with Crippen LogP contribution < -0.4 is 4.90 Å². The third-order valence-corrected chi connectivity index (χ3v) is 14.0. The first kappa shape index (κ1) is 35.2. The summed E-state index contributed by atoms with van der Waals surface area (Å²) >= 11 is 0. The molecule has 0 atom stereocenters. The first-order chi connectivity index (χ1) is 30.5. The average molecular weight is 794 g/mol. The van der Waals surface area contributed by atoms with Crippen LogP contribution >= 0.6 is 0 Å². The lowest BCUT2D eigenvalue weighted by Gasteiger charge is -2.41. The van der Waals surface area contributed by atoms with Crippen molar-refractivity contribution in [2.24, 2.45) is 0 Å². The molecule has 0 spiro atoms. The number of hydrogen-bond donors (Lipinski definition) is 0. The Kier molecular flexibility index (Phi) is 7.48. The summed E-state index contributed by atoms with van der Waals surface area (Å²) in [5, 5.41) is 5.07. The van der Waals surface area contributed by atoms with Crippen molar-refractivity contribution in [3.05, 3.63) is 206 Å². The highest BCUT2D eigenvalue weighted by Crippen LogP contribution is 2.54. The lowest BCUT2D eigenvalue weighted by Crippen LogP contribution is -2.34. The molecule has 0 fully saturated rings. The van der Waals surface area contributed by atoms with Crippen LogP contribution in [0.2, 0.25) is 0 Å². The van der Waals surface area contributed by atoms with Crippen molar-refractivity contribution in [1.29, 1.82) is 0 Å². The Morgan fingerprint density at radius 1 is 0.339 bits per heavy atom.